The van der Waals surface area contributed by atoms with E-state index in [2.05, 4.69) is 11.8 Å². The third-order valence-corrected chi connectivity index (χ3v) is 7.34. The molecule has 0 spiro atoms. The van der Waals surface area contributed by atoms with Crippen LogP contribution in [0.3, 0.4) is 0 Å². The van der Waals surface area contributed by atoms with Gasteiger partial charge in [0.25, 0.3) is 0 Å². The van der Waals surface area contributed by atoms with Gasteiger partial charge in [-0.05, 0) is 18.6 Å². The number of sulfonamides is 1. The maximum atomic E-state index is 11.6. The van der Waals surface area contributed by atoms with Gasteiger partial charge in [-0.25, -0.2) is 8.42 Å². The largest absolute Gasteiger partial charge is 0.329 e. The Hall–Kier alpha value is 0.180. The van der Waals surface area contributed by atoms with Gasteiger partial charge in [0.1, 0.15) is 0 Å². The average Bonchev–Trinajstić information content (AvgIpc) is 2.39. The van der Waals surface area contributed by atoms with Gasteiger partial charge in [-0.3, -0.25) is 4.90 Å². The third-order valence-electron chi connectivity index (χ3n) is 4.57. The smallest absolute Gasteiger partial charge is 0.211 e. The highest BCUT2D eigenvalue weighted by Gasteiger charge is 2.44. The van der Waals surface area contributed by atoms with Gasteiger partial charge in [0.05, 0.1) is 6.26 Å². The Morgan fingerprint density at radius 2 is 1.95 bits per heavy atom. The number of rotatable bonds is 3. The lowest BCUT2D eigenvalue weighted by atomic mass is 9.87. The third kappa shape index (κ3) is 3.10. The first kappa shape index (κ1) is 15.6. The molecule has 0 amide bonds. The van der Waals surface area contributed by atoms with E-state index in [0.717, 1.165) is 19.5 Å². The first-order valence-electron chi connectivity index (χ1n) is 6.92. The quantitative estimate of drug-likeness (QED) is 0.805. The van der Waals surface area contributed by atoms with Gasteiger partial charge >= 0.3 is 0 Å². The molecule has 2 rings (SSSR count). The second-order valence-corrected chi connectivity index (χ2v) is 9.00. The summed E-state index contributed by atoms with van der Waals surface area (Å²) in [5.74, 6) is 1.21. The van der Waals surface area contributed by atoms with Crippen LogP contribution in [0.5, 0.6) is 0 Å². The van der Waals surface area contributed by atoms with Crippen molar-refractivity contribution in [1.82, 2.24) is 9.21 Å². The molecule has 0 aromatic carbocycles. The monoisotopic (exact) mass is 307 g/mol. The molecule has 0 radical (unpaired) electrons. The van der Waals surface area contributed by atoms with E-state index in [0.29, 0.717) is 24.9 Å². The molecular weight excluding hydrogens is 282 g/mol. The van der Waals surface area contributed by atoms with Gasteiger partial charge < -0.3 is 5.73 Å². The van der Waals surface area contributed by atoms with E-state index >= 15 is 0 Å². The number of hydrogen-bond acceptors (Lipinski definition) is 5. The van der Waals surface area contributed by atoms with Crippen LogP contribution >= 0.6 is 11.8 Å². The molecule has 112 valence electrons. The summed E-state index contributed by atoms with van der Waals surface area (Å²) in [4.78, 5) is 2.44. The molecule has 0 saturated carbocycles. The molecule has 5 nitrogen and oxygen atoms in total. The van der Waals surface area contributed by atoms with Gasteiger partial charge in [0, 0.05) is 43.5 Å². The number of nitrogens with two attached hydrogens (primary N) is 1. The number of thioether (sulfide) groups is 1. The van der Waals surface area contributed by atoms with Crippen molar-refractivity contribution in [2.24, 2.45) is 5.73 Å². The minimum absolute atomic E-state index is 0.0620. The highest BCUT2D eigenvalue weighted by atomic mass is 32.2. The molecule has 2 heterocycles. The predicted molar refractivity (Wildman–Crippen MR) is 80.9 cm³/mol. The van der Waals surface area contributed by atoms with E-state index in [1.807, 2.05) is 11.8 Å². The SMILES string of the molecule is CC1SCCCC1(CN)N1CCN(S(C)(=O)=O)CC1. The lowest BCUT2D eigenvalue weighted by molar-refractivity contribution is 0.0502. The molecule has 2 aliphatic heterocycles. The van der Waals surface area contributed by atoms with E-state index < -0.39 is 10.0 Å². The Kier molecular flexibility index (Phi) is 4.83. The summed E-state index contributed by atoms with van der Waals surface area (Å²) < 4.78 is 24.7. The van der Waals surface area contributed by atoms with Gasteiger partial charge in [0.15, 0.2) is 0 Å². The Labute approximate surface area is 120 Å². The Morgan fingerprint density at radius 3 is 2.42 bits per heavy atom. The van der Waals surface area contributed by atoms with Crippen LogP contribution in [0.1, 0.15) is 19.8 Å². The summed E-state index contributed by atoms with van der Waals surface area (Å²) in [6, 6.07) is 0. The summed E-state index contributed by atoms with van der Waals surface area (Å²) in [5, 5.41) is 0.524. The zero-order valence-electron chi connectivity index (χ0n) is 11.8. The van der Waals surface area contributed by atoms with Crippen molar-refractivity contribution >= 4 is 21.8 Å². The fraction of sp³-hybridized carbons (Fsp3) is 1.00. The van der Waals surface area contributed by atoms with Crippen molar-refractivity contribution in [2.75, 3.05) is 44.7 Å². The first-order valence-corrected chi connectivity index (χ1v) is 9.82. The van der Waals surface area contributed by atoms with Gasteiger partial charge in [0.2, 0.25) is 10.0 Å². The Morgan fingerprint density at radius 1 is 1.32 bits per heavy atom. The van der Waals surface area contributed by atoms with Crippen molar-refractivity contribution in [2.45, 2.75) is 30.6 Å². The maximum absolute atomic E-state index is 11.6. The lowest BCUT2D eigenvalue weighted by Crippen LogP contribution is -2.65. The van der Waals surface area contributed by atoms with Crippen LogP contribution in [0.4, 0.5) is 0 Å². The molecular formula is C12H25N3O2S2. The Balaban J connectivity index is 2.06. The summed E-state index contributed by atoms with van der Waals surface area (Å²) >= 11 is 2.00. The molecule has 19 heavy (non-hydrogen) atoms. The highest BCUT2D eigenvalue weighted by molar-refractivity contribution is 8.00. The van der Waals surface area contributed by atoms with E-state index in [9.17, 15) is 8.42 Å². The molecule has 2 unspecified atom stereocenters. The van der Waals surface area contributed by atoms with Crippen molar-refractivity contribution < 1.29 is 8.42 Å². The van der Waals surface area contributed by atoms with Crippen molar-refractivity contribution in [3.63, 3.8) is 0 Å². The van der Waals surface area contributed by atoms with Crippen molar-refractivity contribution in [1.29, 1.82) is 0 Å². The van der Waals surface area contributed by atoms with Crippen LogP contribution < -0.4 is 5.73 Å². The molecule has 2 N–H and O–H groups in total. The van der Waals surface area contributed by atoms with E-state index in [4.69, 9.17) is 5.73 Å². The molecule has 0 aromatic rings. The van der Waals surface area contributed by atoms with Crippen LogP contribution in [0.2, 0.25) is 0 Å². The minimum atomic E-state index is -3.05. The van der Waals surface area contributed by atoms with Crippen LogP contribution in [-0.4, -0.2) is 73.1 Å². The Bertz CT molecular complexity index is 407. The molecule has 2 aliphatic rings. The molecule has 7 heteroatoms. The van der Waals surface area contributed by atoms with E-state index in [-0.39, 0.29) is 5.54 Å². The summed E-state index contributed by atoms with van der Waals surface area (Å²) in [5.41, 5.74) is 6.16. The topological polar surface area (TPSA) is 66.6 Å². The summed E-state index contributed by atoms with van der Waals surface area (Å²) in [6.07, 6.45) is 3.63. The summed E-state index contributed by atoms with van der Waals surface area (Å²) in [7, 11) is -3.05. The summed E-state index contributed by atoms with van der Waals surface area (Å²) in [6.45, 7) is 5.72. The first-order chi connectivity index (χ1) is 8.90. The highest BCUT2D eigenvalue weighted by Crippen LogP contribution is 2.38. The normalized spacial score (nSPS) is 35.4. The average molecular weight is 307 g/mol. The van der Waals surface area contributed by atoms with E-state index in [1.165, 1.54) is 18.4 Å². The van der Waals surface area contributed by atoms with Gasteiger partial charge in [-0.1, -0.05) is 6.92 Å². The molecule has 2 saturated heterocycles. The standard InChI is InChI=1S/C12H25N3O2S2/c1-11-12(10-13,4-3-9-18-11)14-5-7-15(8-6-14)19(2,16)17/h11H,3-10,13H2,1-2H3. The molecule has 2 fully saturated rings. The minimum Gasteiger partial charge on any atom is -0.329 e. The predicted octanol–water partition coefficient (Wildman–Crippen LogP) is 0.177. The second kappa shape index (κ2) is 5.89. The van der Waals surface area contributed by atoms with E-state index in [1.54, 1.807) is 4.31 Å². The maximum Gasteiger partial charge on any atom is 0.211 e. The zero-order valence-corrected chi connectivity index (χ0v) is 13.5. The lowest BCUT2D eigenvalue weighted by Gasteiger charge is -2.52. The molecule has 0 bridgehead atoms. The van der Waals surface area contributed by atoms with Crippen LogP contribution in [0, 0.1) is 0 Å². The number of nitrogens with zero attached hydrogens (tertiary/aromatic N) is 2. The fourth-order valence-corrected chi connectivity index (χ4v) is 5.44. The van der Waals surface area contributed by atoms with Crippen LogP contribution in [-0.2, 0) is 10.0 Å². The number of hydrogen-bond donors (Lipinski definition) is 1. The van der Waals surface area contributed by atoms with Crippen LogP contribution in [0.15, 0.2) is 0 Å². The molecule has 2 atom stereocenters. The second-order valence-electron chi connectivity index (χ2n) is 5.57. The number of piperazine rings is 1. The van der Waals surface area contributed by atoms with Crippen molar-refractivity contribution in [3.05, 3.63) is 0 Å². The van der Waals surface area contributed by atoms with Crippen molar-refractivity contribution in [3.8, 4) is 0 Å². The molecule has 0 aromatic heterocycles. The zero-order chi connectivity index (χ0) is 14.1. The fourth-order valence-electron chi connectivity index (χ4n) is 3.27. The van der Waals surface area contributed by atoms with Gasteiger partial charge in [-0.2, -0.15) is 16.1 Å². The van der Waals surface area contributed by atoms with Gasteiger partial charge in [-0.15, -0.1) is 0 Å². The molecule has 0 aliphatic carbocycles. The van der Waals surface area contributed by atoms with Crippen LogP contribution in [0.25, 0.3) is 0 Å².